The van der Waals surface area contributed by atoms with E-state index in [2.05, 4.69) is 60.5 Å². The molecule has 1 heterocycles. The Morgan fingerprint density at radius 1 is 0.889 bits per heavy atom. The smallest absolute Gasteiger partial charge is 0.0164 e. The number of unbranched alkanes of at least 4 members (excludes halogenated alkanes) is 1. The lowest BCUT2D eigenvalue weighted by Crippen LogP contribution is -1.95. The van der Waals surface area contributed by atoms with E-state index in [1.807, 2.05) is 0 Å². The van der Waals surface area contributed by atoms with Crippen molar-refractivity contribution in [1.29, 1.82) is 0 Å². The van der Waals surface area contributed by atoms with Crippen molar-refractivity contribution >= 4 is 28.7 Å². The monoisotopic (exact) mass is 255 g/mol. The van der Waals surface area contributed by atoms with Crippen molar-refractivity contribution in [1.82, 2.24) is 0 Å². The third kappa shape index (κ3) is 1.94. The second-order valence-corrected chi connectivity index (χ2v) is 6.58. The summed E-state index contributed by atoms with van der Waals surface area (Å²) in [5.41, 5.74) is 0. The first kappa shape index (κ1) is 11.8. The van der Waals surface area contributed by atoms with Gasteiger partial charge in [0, 0.05) is 16.8 Å². The SMILES string of the molecule is CCCCNp1c2ccccc2c2ccccc21. The van der Waals surface area contributed by atoms with E-state index in [1.54, 1.807) is 0 Å². The van der Waals surface area contributed by atoms with Gasteiger partial charge in [0.05, 0.1) is 0 Å². The van der Waals surface area contributed by atoms with Crippen LogP contribution < -0.4 is 5.09 Å². The molecule has 3 rings (SSSR count). The third-order valence-corrected chi connectivity index (χ3v) is 5.66. The summed E-state index contributed by atoms with van der Waals surface area (Å²) in [5, 5.41) is 9.58. The second-order valence-electron chi connectivity index (χ2n) is 4.63. The Morgan fingerprint density at radius 3 is 2.00 bits per heavy atom. The molecule has 1 N–H and O–H groups in total. The lowest BCUT2D eigenvalue weighted by atomic mass is 10.2. The number of fused-ring (bicyclic) bond motifs is 3. The molecule has 0 aliphatic heterocycles. The maximum Gasteiger partial charge on any atom is 0.0164 e. The van der Waals surface area contributed by atoms with Crippen molar-refractivity contribution in [2.24, 2.45) is 0 Å². The van der Waals surface area contributed by atoms with Crippen molar-refractivity contribution < 1.29 is 0 Å². The summed E-state index contributed by atoms with van der Waals surface area (Å²) in [6, 6.07) is 17.6. The van der Waals surface area contributed by atoms with Crippen LogP contribution in [0.4, 0.5) is 0 Å². The van der Waals surface area contributed by atoms with Crippen molar-refractivity contribution in [3.05, 3.63) is 48.5 Å². The van der Waals surface area contributed by atoms with Crippen LogP contribution in [0.2, 0.25) is 0 Å². The van der Waals surface area contributed by atoms with Gasteiger partial charge in [0.25, 0.3) is 0 Å². The van der Waals surface area contributed by atoms with Gasteiger partial charge in [-0.1, -0.05) is 49.7 Å². The van der Waals surface area contributed by atoms with Gasteiger partial charge in [0.1, 0.15) is 0 Å². The van der Waals surface area contributed by atoms with Gasteiger partial charge in [-0.15, -0.1) is 0 Å². The number of hydrogen-bond acceptors (Lipinski definition) is 1. The Morgan fingerprint density at radius 2 is 1.44 bits per heavy atom. The molecule has 1 nitrogen and oxygen atoms in total. The van der Waals surface area contributed by atoms with Crippen LogP contribution in [0.3, 0.4) is 0 Å². The van der Waals surface area contributed by atoms with Gasteiger partial charge in [-0.3, -0.25) is 5.09 Å². The standard InChI is InChI=1S/C16H18NP/c1-2-3-12-17-18-15-10-6-4-8-13(15)14-9-5-7-11-16(14)18/h4-11,17H,2-3,12H2,1H3. The number of hydrogen-bond donors (Lipinski definition) is 1. The predicted molar refractivity (Wildman–Crippen MR) is 83.3 cm³/mol. The molecule has 0 amide bonds. The van der Waals surface area contributed by atoms with Gasteiger partial charge in [-0.25, -0.2) is 0 Å². The summed E-state index contributed by atoms with van der Waals surface area (Å²) >= 11 is 0. The first-order valence-electron chi connectivity index (χ1n) is 6.64. The van der Waals surface area contributed by atoms with Crippen LogP contribution in [0.15, 0.2) is 48.5 Å². The summed E-state index contributed by atoms with van der Waals surface area (Å²) < 4.78 is 0. The molecule has 0 radical (unpaired) electrons. The summed E-state index contributed by atoms with van der Waals surface area (Å²) in [6.07, 6.45) is 2.50. The Bertz CT molecular complexity index is 616. The van der Waals surface area contributed by atoms with Crippen molar-refractivity contribution in [2.75, 3.05) is 11.6 Å². The average molecular weight is 255 g/mol. The molecule has 0 fully saturated rings. The van der Waals surface area contributed by atoms with E-state index in [0.717, 1.165) is 6.54 Å². The van der Waals surface area contributed by atoms with Crippen LogP contribution in [-0.2, 0) is 0 Å². The van der Waals surface area contributed by atoms with Crippen LogP contribution in [-0.4, -0.2) is 6.54 Å². The van der Waals surface area contributed by atoms with Crippen LogP contribution in [0, 0.1) is 0 Å². The van der Waals surface area contributed by atoms with Gasteiger partial charge in [0.2, 0.25) is 0 Å². The second kappa shape index (κ2) is 5.14. The zero-order chi connectivity index (χ0) is 12.4. The van der Waals surface area contributed by atoms with E-state index < -0.39 is 0 Å². The fraction of sp³-hybridized carbons (Fsp3) is 0.250. The molecular formula is C16H18NP. The van der Waals surface area contributed by atoms with Gasteiger partial charge in [-0.2, -0.15) is 0 Å². The van der Waals surface area contributed by atoms with E-state index in [0.29, 0.717) is 0 Å². The summed E-state index contributed by atoms with van der Waals surface area (Å²) in [4.78, 5) is 0. The Kier molecular flexibility index (Phi) is 3.36. The molecule has 2 heteroatoms. The lowest BCUT2D eigenvalue weighted by molar-refractivity contribution is 0.845. The van der Waals surface area contributed by atoms with Crippen LogP contribution >= 0.6 is 7.68 Å². The Labute approximate surface area is 109 Å². The molecule has 0 unspecified atom stereocenters. The average Bonchev–Trinajstić information content (AvgIpc) is 2.74. The normalized spacial score (nSPS) is 11.4. The molecule has 0 aliphatic carbocycles. The first-order valence-corrected chi connectivity index (χ1v) is 7.98. The summed E-state index contributed by atoms with van der Waals surface area (Å²) in [7, 11) is -0.338. The molecule has 3 aromatic rings. The minimum Gasteiger partial charge on any atom is -0.274 e. The fourth-order valence-electron chi connectivity index (χ4n) is 2.46. The van der Waals surface area contributed by atoms with E-state index in [4.69, 9.17) is 0 Å². The molecule has 0 saturated carbocycles. The zero-order valence-electron chi connectivity index (χ0n) is 10.7. The highest BCUT2D eigenvalue weighted by Gasteiger charge is 2.09. The highest BCUT2D eigenvalue weighted by molar-refractivity contribution is 7.62. The van der Waals surface area contributed by atoms with E-state index in [-0.39, 0.29) is 7.68 Å². The number of rotatable bonds is 4. The van der Waals surface area contributed by atoms with Crippen LogP contribution in [0.5, 0.6) is 0 Å². The molecule has 18 heavy (non-hydrogen) atoms. The zero-order valence-corrected chi connectivity index (χ0v) is 11.6. The fourth-order valence-corrected chi connectivity index (χ4v) is 4.78. The number of nitrogens with one attached hydrogen (secondary N) is 1. The largest absolute Gasteiger partial charge is 0.274 e. The minimum atomic E-state index is -0.338. The van der Waals surface area contributed by atoms with Crippen molar-refractivity contribution in [3.8, 4) is 0 Å². The van der Waals surface area contributed by atoms with Crippen LogP contribution in [0.25, 0.3) is 21.0 Å². The minimum absolute atomic E-state index is 0.338. The molecule has 2 aromatic carbocycles. The third-order valence-electron chi connectivity index (χ3n) is 3.38. The van der Waals surface area contributed by atoms with Gasteiger partial charge < -0.3 is 0 Å². The van der Waals surface area contributed by atoms with Gasteiger partial charge in [-0.05, 0) is 37.0 Å². The maximum absolute atomic E-state index is 3.76. The lowest BCUT2D eigenvalue weighted by Gasteiger charge is -2.04. The molecule has 92 valence electrons. The van der Waals surface area contributed by atoms with Gasteiger partial charge >= 0.3 is 0 Å². The molecule has 0 bridgehead atoms. The van der Waals surface area contributed by atoms with E-state index in [1.165, 1.54) is 33.9 Å². The molecular weight excluding hydrogens is 237 g/mol. The molecule has 0 aliphatic rings. The maximum atomic E-state index is 3.76. The molecule has 0 saturated heterocycles. The summed E-state index contributed by atoms with van der Waals surface area (Å²) in [6.45, 7) is 3.36. The Balaban J connectivity index is 2.18. The molecule has 0 atom stereocenters. The quantitative estimate of drug-likeness (QED) is 0.622. The van der Waals surface area contributed by atoms with Crippen molar-refractivity contribution in [3.63, 3.8) is 0 Å². The molecule has 0 spiro atoms. The van der Waals surface area contributed by atoms with Crippen molar-refractivity contribution in [2.45, 2.75) is 19.8 Å². The highest BCUT2D eigenvalue weighted by Crippen LogP contribution is 2.46. The van der Waals surface area contributed by atoms with Crippen LogP contribution in [0.1, 0.15) is 19.8 Å². The number of benzene rings is 2. The van der Waals surface area contributed by atoms with E-state index >= 15 is 0 Å². The summed E-state index contributed by atoms with van der Waals surface area (Å²) in [5.74, 6) is 0. The highest BCUT2D eigenvalue weighted by atomic mass is 31.1. The molecule has 1 aromatic heterocycles. The topological polar surface area (TPSA) is 12.0 Å². The Hall–Kier alpha value is -1.30. The van der Waals surface area contributed by atoms with E-state index in [9.17, 15) is 0 Å². The van der Waals surface area contributed by atoms with Gasteiger partial charge in [0.15, 0.2) is 0 Å². The first-order chi connectivity index (χ1) is 8.92. The predicted octanol–water partition coefficient (Wildman–Crippen LogP) is 5.32.